The Morgan fingerprint density at radius 2 is 1.66 bits per heavy atom. The predicted molar refractivity (Wildman–Crippen MR) is 125 cm³/mol. The molecule has 7 nitrogen and oxygen atoms in total. The van der Waals surface area contributed by atoms with Gasteiger partial charge in [-0.05, 0) is 61.7 Å². The number of rotatable bonds is 5. The average molecular weight is 435 g/mol. The van der Waals surface area contributed by atoms with Crippen LogP contribution in [0.1, 0.15) is 34.3 Å². The standard InChI is InChI=1S/C25H30N4O3/c1-18-5-3-6-22(19(18)2)27-13-15-28(16-14-27)24(31)17-26-25(32)20-8-10-21(11-9-20)29-12-4-7-23(29)30/h3,5-6,8-11H,4,7,12-17H2,1-2H3,(H,26,32). The van der Waals surface area contributed by atoms with Gasteiger partial charge in [0.25, 0.3) is 5.91 Å². The van der Waals surface area contributed by atoms with E-state index >= 15 is 0 Å². The Bertz CT molecular complexity index is 1010. The van der Waals surface area contributed by atoms with Crippen molar-refractivity contribution in [2.24, 2.45) is 0 Å². The number of piperazine rings is 1. The number of hydrogen-bond acceptors (Lipinski definition) is 4. The number of hydrogen-bond donors (Lipinski definition) is 1. The van der Waals surface area contributed by atoms with Crippen LogP contribution >= 0.6 is 0 Å². The molecule has 3 amide bonds. The third-order valence-electron chi connectivity index (χ3n) is 6.46. The van der Waals surface area contributed by atoms with Crippen LogP contribution in [0.2, 0.25) is 0 Å². The number of carbonyl (C=O) groups excluding carboxylic acids is 3. The van der Waals surface area contributed by atoms with E-state index in [1.165, 1.54) is 16.8 Å². The normalized spacial score (nSPS) is 16.4. The molecule has 1 N–H and O–H groups in total. The second-order valence-corrected chi connectivity index (χ2v) is 8.47. The van der Waals surface area contributed by atoms with Gasteiger partial charge in [0.2, 0.25) is 11.8 Å². The summed E-state index contributed by atoms with van der Waals surface area (Å²) in [5, 5.41) is 2.73. The minimum Gasteiger partial charge on any atom is -0.368 e. The Kier molecular flexibility index (Phi) is 6.44. The fourth-order valence-electron chi connectivity index (χ4n) is 4.36. The van der Waals surface area contributed by atoms with Gasteiger partial charge in [-0.2, -0.15) is 0 Å². The van der Waals surface area contributed by atoms with Crippen LogP contribution in [-0.2, 0) is 9.59 Å². The third kappa shape index (κ3) is 4.61. The Hall–Kier alpha value is -3.35. The largest absolute Gasteiger partial charge is 0.368 e. The van der Waals surface area contributed by atoms with Crippen molar-refractivity contribution in [1.29, 1.82) is 0 Å². The van der Waals surface area contributed by atoms with Crippen LogP contribution in [0.4, 0.5) is 11.4 Å². The first kappa shape index (κ1) is 21.9. The molecule has 32 heavy (non-hydrogen) atoms. The topological polar surface area (TPSA) is 73.0 Å². The molecule has 0 atom stereocenters. The highest BCUT2D eigenvalue weighted by atomic mass is 16.2. The van der Waals surface area contributed by atoms with E-state index in [1.54, 1.807) is 29.2 Å². The van der Waals surface area contributed by atoms with Gasteiger partial charge < -0.3 is 20.0 Å². The number of amides is 3. The minimum atomic E-state index is -0.285. The van der Waals surface area contributed by atoms with Gasteiger partial charge in [0.05, 0.1) is 6.54 Å². The van der Waals surface area contributed by atoms with Crippen molar-refractivity contribution in [2.75, 3.05) is 49.1 Å². The van der Waals surface area contributed by atoms with Gasteiger partial charge in [-0.3, -0.25) is 14.4 Å². The van der Waals surface area contributed by atoms with Crippen LogP contribution < -0.4 is 15.1 Å². The van der Waals surface area contributed by atoms with Crippen LogP contribution in [0.3, 0.4) is 0 Å². The smallest absolute Gasteiger partial charge is 0.251 e. The van der Waals surface area contributed by atoms with E-state index in [0.717, 1.165) is 31.7 Å². The Morgan fingerprint density at radius 1 is 0.938 bits per heavy atom. The second-order valence-electron chi connectivity index (χ2n) is 8.47. The predicted octanol–water partition coefficient (Wildman–Crippen LogP) is 2.51. The first-order valence-electron chi connectivity index (χ1n) is 11.2. The summed E-state index contributed by atoms with van der Waals surface area (Å²) in [6, 6.07) is 13.3. The fraction of sp³-hybridized carbons (Fsp3) is 0.400. The zero-order valence-corrected chi connectivity index (χ0v) is 18.8. The Labute approximate surface area is 189 Å². The molecule has 0 aliphatic carbocycles. The fourth-order valence-corrected chi connectivity index (χ4v) is 4.36. The van der Waals surface area contributed by atoms with Gasteiger partial charge in [0.15, 0.2) is 0 Å². The minimum absolute atomic E-state index is 0.0192. The highest BCUT2D eigenvalue weighted by Crippen LogP contribution is 2.24. The Balaban J connectivity index is 1.26. The lowest BCUT2D eigenvalue weighted by molar-refractivity contribution is -0.130. The molecule has 2 heterocycles. The van der Waals surface area contributed by atoms with Crippen LogP contribution in [0.25, 0.3) is 0 Å². The monoisotopic (exact) mass is 434 g/mol. The van der Waals surface area contributed by atoms with E-state index in [2.05, 4.69) is 42.3 Å². The van der Waals surface area contributed by atoms with Crippen LogP contribution in [0.5, 0.6) is 0 Å². The zero-order chi connectivity index (χ0) is 22.7. The summed E-state index contributed by atoms with van der Waals surface area (Å²) >= 11 is 0. The van der Waals surface area contributed by atoms with Crippen molar-refractivity contribution in [3.8, 4) is 0 Å². The second kappa shape index (κ2) is 9.42. The molecule has 0 bridgehead atoms. The van der Waals surface area contributed by atoms with Crippen molar-refractivity contribution in [3.63, 3.8) is 0 Å². The summed E-state index contributed by atoms with van der Waals surface area (Å²) in [7, 11) is 0. The molecular weight excluding hydrogens is 404 g/mol. The maximum Gasteiger partial charge on any atom is 0.251 e. The van der Waals surface area contributed by atoms with Crippen molar-refractivity contribution in [3.05, 3.63) is 59.2 Å². The lowest BCUT2D eigenvalue weighted by atomic mass is 10.1. The van der Waals surface area contributed by atoms with Crippen molar-refractivity contribution >= 4 is 29.1 Å². The molecule has 0 unspecified atom stereocenters. The van der Waals surface area contributed by atoms with Gasteiger partial charge in [-0.1, -0.05) is 12.1 Å². The van der Waals surface area contributed by atoms with Gasteiger partial charge in [-0.15, -0.1) is 0 Å². The summed E-state index contributed by atoms with van der Waals surface area (Å²) in [4.78, 5) is 42.8. The summed E-state index contributed by atoms with van der Waals surface area (Å²) < 4.78 is 0. The van der Waals surface area contributed by atoms with Gasteiger partial charge >= 0.3 is 0 Å². The number of nitrogens with one attached hydrogen (secondary N) is 1. The van der Waals surface area contributed by atoms with E-state index in [-0.39, 0.29) is 24.3 Å². The van der Waals surface area contributed by atoms with E-state index in [9.17, 15) is 14.4 Å². The highest BCUT2D eigenvalue weighted by Gasteiger charge is 2.24. The van der Waals surface area contributed by atoms with E-state index in [1.807, 2.05) is 4.90 Å². The van der Waals surface area contributed by atoms with Gasteiger partial charge in [-0.25, -0.2) is 0 Å². The maximum absolute atomic E-state index is 12.6. The number of carbonyl (C=O) groups is 3. The molecule has 4 rings (SSSR count). The molecule has 2 aromatic carbocycles. The van der Waals surface area contributed by atoms with Gasteiger partial charge in [0, 0.05) is 56.1 Å². The lowest BCUT2D eigenvalue weighted by Gasteiger charge is -2.37. The van der Waals surface area contributed by atoms with E-state index in [0.29, 0.717) is 25.1 Å². The quantitative estimate of drug-likeness (QED) is 0.785. The van der Waals surface area contributed by atoms with Crippen LogP contribution in [-0.4, -0.2) is 61.9 Å². The molecule has 2 aliphatic heterocycles. The van der Waals surface area contributed by atoms with Crippen LogP contribution in [0, 0.1) is 13.8 Å². The average Bonchev–Trinajstić information content (AvgIpc) is 3.25. The summed E-state index contributed by atoms with van der Waals surface area (Å²) in [6.07, 6.45) is 1.44. The van der Waals surface area contributed by atoms with Crippen molar-refractivity contribution in [2.45, 2.75) is 26.7 Å². The molecule has 2 fully saturated rings. The molecule has 0 aromatic heterocycles. The number of aryl methyl sites for hydroxylation is 1. The first-order chi connectivity index (χ1) is 15.4. The molecular formula is C25H30N4O3. The molecule has 7 heteroatoms. The number of nitrogens with zero attached hydrogens (tertiary/aromatic N) is 3. The highest BCUT2D eigenvalue weighted by molar-refractivity contribution is 5.98. The molecule has 2 saturated heterocycles. The van der Waals surface area contributed by atoms with Crippen molar-refractivity contribution in [1.82, 2.24) is 10.2 Å². The van der Waals surface area contributed by atoms with E-state index < -0.39 is 0 Å². The van der Waals surface area contributed by atoms with Crippen LogP contribution in [0.15, 0.2) is 42.5 Å². The zero-order valence-electron chi connectivity index (χ0n) is 18.8. The van der Waals surface area contributed by atoms with Gasteiger partial charge in [0.1, 0.15) is 0 Å². The first-order valence-corrected chi connectivity index (χ1v) is 11.2. The summed E-state index contributed by atoms with van der Waals surface area (Å²) in [5.41, 5.74) is 5.06. The molecule has 168 valence electrons. The number of anilines is 2. The molecule has 0 saturated carbocycles. The third-order valence-corrected chi connectivity index (χ3v) is 6.46. The lowest BCUT2D eigenvalue weighted by Crippen LogP contribution is -2.51. The maximum atomic E-state index is 12.6. The van der Waals surface area contributed by atoms with Crippen molar-refractivity contribution < 1.29 is 14.4 Å². The Morgan fingerprint density at radius 3 is 2.31 bits per heavy atom. The summed E-state index contributed by atoms with van der Waals surface area (Å²) in [6.45, 7) is 7.78. The molecule has 0 radical (unpaired) electrons. The SMILES string of the molecule is Cc1cccc(N2CCN(C(=O)CNC(=O)c3ccc(N4CCCC4=O)cc3)CC2)c1C. The molecule has 2 aliphatic rings. The number of benzene rings is 2. The molecule has 2 aromatic rings. The van der Waals surface area contributed by atoms with E-state index in [4.69, 9.17) is 0 Å². The summed E-state index contributed by atoms with van der Waals surface area (Å²) in [5.74, 6) is -0.240. The molecule has 0 spiro atoms.